The molecule has 106 valence electrons. The van der Waals surface area contributed by atoms with Crippen LogP contribution < -0.4 is 5.32 Å². The molecule has 0 saturated heterocycles. The van der Waals surface area contributed by atoms with Crippen LogP contribution in [0.15, 0.2) is 53.0 Å². The predicted octanol–water partition coefficient (Wildman–Crippen LogP) is 5.61. The molecular weight excluding hydrogens is 310 g/mol. The Kier molecular flexibility index (Phi) is 5.24. The molecule has 1 nitrogen and oxygen atoms in total. The van der Waals surface area contributed by atoms with Crippen molar-refractivity contribution >= 4 is 21.6 Å². The standard InChI is InChI=1S/C18H22BrN/c1-13(2)16(15-9-5-4-6-10-15)12-20-17-11-7-8-14(3)18(17)19/h4-11,13,16,20H,12H2,1-3H3. The van der Waals surface area contributed by atoms with Crippen LogP contribution in [0.5, 0.6) is 0 Å². The molecule has 0 spiro atoms. The van der Waals surface area contributed by atoms with Crippen LogP contribution in [0.3, 0.4) is 0 Å². The lowest BCUT2D eigenvalue weighted by atomic mass is 9.88. The highest BCUT2D eigenvalue weighted by Gasteiger charge is 2.15. The minimum Gasteiger partial charge on any atom is -0.384 e. The minimum atomic E-state index is 0.517. The molecule has 0 aliphatic heterocycles. The molecule has 0 radical (unpaired) electrons. The van der Waals surface area contributed by atoms with Crippen LogP contribution in [0.2, 0.25) is 0 Å². The summed E-state index contributed by atoms with van der Waals surface area (Å²) in [5.41, 5.74) is 3.83. The van der Waals surface area contributed by atoms with Crippen molar-refractivity contribution in [2.24, 2.45) is 5.92 Å². The van der Waals surface area contributed by atoms with E-state index in [-0.39, 0.29) is 0 Å². The lowest BCUT2D eigenvalue weighted by molar-refractivity contribution is 0.517. The van der Waals surface area contributed by atoms with E-state index in [4.69, 9.17) is 0 Å². The molecule has 2 heteroatoms. The van der Waals surface area contributed by atoms with Gasteiger partial charge in [0.15, 0.2) is 0 Å². The van der Waals surface area contributed by atoms with Crippen molar-refractivity contribution in [2.45, 2.75) is 26.7 Å². The third-order valence-electron chi connectivity index (χ3n) is 3.74. The van der Waals surface area contributed by atoms with Crippen LogP contribution in [0.4, 0.5) is 5.69 Å². The molecule has 1 N–H and O–H groups in total. The Morgan fingerprint density at radius 2 is 1.70 bits per heavy atom. The fourth-order valence-electron chi connectivity index (χ4n) is 2.44. The quantitative estimate of drug-likeness (QED) is 0.750. The zero-order chi connectivity index (χ0) is 14.5. The molecule has 0 aromatic heterocycles. The van der Waals surface area contributed by atoms with Gasteiger partial charge in [-0.3, -0.25) is 0 Å². The summed E-state index contributed by atoms with van der Waals surface area (Å²) in [6.07, 6.45) is 0. The van der Waals surface area contributed by atoms with Crippen molar-refractivity contribution < 1.29 is 0 Å². The zero-order valence-electron chi connectivity index (χ0n) is 12.4. The molecule has 1 atom stereocenters. The van der Waals surface area contributed by atoms with Crippen LogP contribution in [-0.4, -0.2) is 6.54 Å². The smallest absolute Gasteiger partial charge is 0.0487 e. The molecule has 0 bridgehead atoms. The Morgan fingerprint density at radius 3 is 2.35 bits per heavy atom. The van der Waals surface area contributed by atoms with E-state index in [1.54, 1.807) is 0 Å². The Balaban J connectivity index is 2.12. The largest absolute Gasteiger partial charge is 0.384 e. The molecule has 2 aromatic carbocycles. The van der Waals surface area contributed by atoms with E-state index in [9.17, 15) is 0 Å². The van der Waals surface area contributed by atoms with Gasteiger partial charge in [-0.1, -0.05) is 56.3 Å². The summed E-state index contributed by atoms with van der Waals surface area (Å²) in [4.78, 5) is 0. The van der Waals surface area contributed by atoms with E-state index in [1.165, 1.54) is 16.8 Å². The highest BCUT2D eigenvalue weighted by molar-refractivity contribution is 9.10. The van der Waals surface area contributed by atoms with Crippen LogP contribution in [0, 0.1) is 12.8 Å². The second-order valence-corrected chi connectivity index (χ2v) is 6.37. The average Bonchev–Trinajstić information content (AvgIpc) is 2.44. The van der Waals surface area contributed by atoms with Crippen molar-refractivity contribution in [3.8, 4) is 0 Å². The summed E-state index contributed by atoms with van der Waals surface area (Å²) in [5, 5.41) is 3.59. The number of nitrogens with one attached hydrogen (secondary N) is 1. The molecule has 0 aliphatic carbocycles. The fourth-order valence-corrected chi connectivity index (χ4v) is 2.85. The molecule has 0 heterocycles. The van der Waals surface area contributed by atoms with Gasteiger partial charge in [-0.15, -0.1) is 0 Å². The van der Waals surface area contributed by atoms with E-state index < -0.39 is 0 Å². The average molecular weight is 332 g/mol. The van der Waals surface area contributed by atoms with E-state index in [0.717, 1.165) is 11.0 Å². The Bertz CT molecular complexity index is 549. The van der Waals surface area contributed by atoms with Gasteiger partial charge < -0.3 is 5.32 Å². The Labute approximate surface area is 130 Å². The molecule has 2 aromatic rings. The van der Waals surface area contributed by atoms with Gasteiger partial charge in [0.05, 0.1) is 0 Å². The lowest BCUT2D eigenvalue weighted by Gasteiger charge is -2.23. The van der Waals surface area contributed by atoms with Gasteiger partial charge in [0.2, 0.25) is 0 Å². The third-order valence-corrected chi connectivity index (χ3v) is 4.79. The summed E-state index contributed by atoms with van der Waals surface area (Å²) in [7, 11) is 0. The first kappa shape index (κ1) is 15.1. The molecule has 20 heavy (non-hydrogen) atoms. The summed E-state index contributed by atoms with van der Waals surface area (Å²) in [6.45, 7) is 7.63. The van der Waals surface area contributed by atoms with Gasteiger partial charge in [-0.05, 0) is 46.0 Å². The lowest BCUT2D eigenvalue weighted by Crippen LogP contribution is -2.18. The number of hydrogen-bond donors (Lipinski definition) is 1. The molecule has 0 amide bonds. The van der Waals surface area contributed by atoms with Crippen LogP contribution >= 0.6 is 15.9 Å². The minimum absolute atomic E-state index is 0.517. The van der Waals surface area contributed by atoms with Crippen molar-refractivity contribution in [2.75, 3.05) is 11.9 Å². The van der Waals surface area contributed by atoms with Crippen LogP contribution in [0.25, 0.3) is 0 Å². The van der Waals surface area contributed by atoms with E-state index in [2.05, 4.69) is 90.5 Å². The van der Waals surface area contributed by atoms with Gasteiger partial charge in [0.25, 0.3) is 0 Å². The number of benzene rings is 2. The molecular formula is C18H22BrN. The summed E-state index contributed by atoms with van der Waals surface area (Å²) in [5.74, 6) is 1.12. The highest BCUT2D eigenvalue weighted by Crippen LogP contribution is 2.29. The first-order chi connectivity index (χ1) is 9.59. The first-order valence-electron chi connectivity index (χ1n) is 7.13. The van der Waals surface area contributed by atoms with Crippen molar-refractivity contribution in [3.05, 3.63) is 64.1 Å². The second kappa shape index (κ2) is 6.94. The predicted molar refractivity (Wildman–Crippen MR) is 91.4 cm³/mol. The molecule has 0 saturated carbocycles. The first-order valence-corrected chi connectivity index (χ1v) is 7.93. The normalized spacial score (nSPS) is 12.4. The molecule has 1 unspecified atom stereocenters. The van der Waals surface area contributed by atoms with Crippen LogP contribution in [0.1, 0.15) is 30.9 Å². The van der Waals surface area contributed by atoms with E-state index in [0.29, 0.717) is 11.8 Å². The van der Waals surface area contributed by atoms with Gasteiger partial charge >= 0.3 is 0 Å². The SMILES string of the molecule is Cc1cccc(NCC(c2ccccc2)C(C)C)c1Br. The number of halogens is 1. The summed E-state index contributed by atoms with van der Waals surface area (Å²) >= 11 is 3.66. The zero-order valence-corrected chi connectivity index (χ0v) is 13.9. The van der Waals surface area contributed by atoms with Gasteiger partial charge in [0, 0.05) is 22.6 Å². The van der Waals surface area contributed by atoms with Crippen LogP contribution in [-0.2, 0) is 0 Å². The second-order valence-electron chi connectivity index (χ2n) is 5.58. The van der Waals surface area contributed by atoms with Gasteiger partial charge in [-0.25, -0.2) is 0 Å². The number of rotatable bonds is 5. The monoisotopic (exact) mass is 331 g/mol. The molecule has 0 fully saturated rings. The number of anilines is 1. The number of aryl methyl sites for hydroxylation is 1. The maximum atomic E-state index is 3.66. The number of hydrogen-bond acceptors (Lipinski definition) is 1. The van der Waals surface area contributed by atoms with Crippen molar-refractivity contribution in [1.29, 1.82) is 0 Å². The van der Waals surface area contributed by atoms with E-state index >= 15 is 0 Å². The van der Waals surface area contributed by atoms with Gasteiger partial charge in [0.1, 0.15) is 0 Å². The topological polar surface area (TPSA) is 12.0 Å². The molecule has 2 rings (SSSR count). The van der Waals surface area contributed by atoms with Crippen molar-refractivity contribution in [1.82, 2.24) is 0 Å². The highest BCUT2D eigenvalue weighted by atomic mass is 79.9. The Hall–Kier alpha value is -1.28. The maximum absolute atomic E-state index is 3.66. The third kappa shape index (κ3) is 3.63. The maximum Gasteiger partial charge on any atom is 0.0487 e. The van der Waals surface area contributed by atoms with E-state index in [1.807, 2.05) is 0 Å². The summed E-state index contributed by atoms with van der Waals surface area (Å²) < 4.78 is 1.16. The summed E-state index contributed by atoms with van der Waals surface area (Å²) in [6, 6.07) is 17.1. The van der Waals surface area contributed by atoms with Crippen molar-refractivity contribution in [3.63, 3.8) is 0 Å². The fraction of sp³-hybridized carbons (Fsp3) is 0.333. The van der Waals surface area contributed by atoms with Gasteiger partial charge in [-0.2, -0.15) is 0 Å². The molecule has 0 aliphatic rings. The Morgan fingerprint density at radius 1 is 1.00 bits per heavy atom.